The van der Waals surface area contributed by atoms with Gasteiger partial charge in [0, 0.05) is 0 Å². The van der Waals surface area contributed by atoms with Gasteiger partial charge < -0.3 is 9.47 Å². The van der Waals surface area contributed by atoms with Crippen molar-refractivity contribution in [2.45, 2.75) is 0 Å². The highest BCUT2D eigenvalue weighted by molar-refractivity contribution is 5.94. The van der Waals surface area contributed by atoms with E-state index in [-0.39, 0.29) is 0 Å². The van der Waals surface area contributed by atoms with Crippen molar-refractivity contribution in [2.75, 3.05) is 6.79 Å². The van der Waals surface area contributed by atoms with E-state index >= 15 is 0 Å². The van der Waals surface area contributed by atoms with E-state index in [0.717, 1.165) is 22.3 Å². The molecular weight excluding hydrogens is 164 g/mol. The smallest absolute Gasteiger partial charge is 0.230 e. The fourth-order valence-corrected chi connectivity index (χ4v) is 1.67. The molecule has 0 radical (unpaired) electrons. The SMILES string of the molecule is c1cc2c3c(cccc3c1)OCO2. The molecule has 0 bridgehead atoms. The molecule has 2 heteroatoms. The maximum absolute atomic E-state index is 5.37. The number of hydrogen-bond acceptors (Lipinski definition) is 2. The maximum atomic E-state index is 5.37. The van der Waals surface area contributed by atoms with Crippen molar-refractivity contribution in [1.82, 2.24) is 0 Å². The zero-order valence-corrected chi connectivity index (χ0v) is 6.99. The molecular formula is C11H8O2. The average Bonchev–Trinajstić information content (AvgIpc) is 2.19. The highest BCUT2D eigenvalue weighted by Gasteiger charge is 2.12. The average molecular weight is 172 g/mol. The molecule has 1 aliphatic rings. The first-order valence-corrected chi connectivity index (χ1v) is 4.22. The van der Waals surface area contributed by atoms with E-state index in [1.165, 1.54) is 0 Å². The molecule has 0 aromatic heterocycles. The maximum Gasteiger partial charge on any atom is 0.230 e. The van der Waals surface area contributed by atoms with E-state index in [1.807, 2.05) is 24.3 Å². The van der Waals surface area contributed by atoms with Gasteiger partial charge >= 0.3 is 0 Å². The normalized spacial score (nSPS) is 13.5. The standard InChI is InChI=1S/C11H8O2/c1-3-8-4-2-6-10-11(8)9(5-1)12-7-13-10/h1-6H,7H2. The minimum Gasteiger partial charge on any atom is -0.457 e. The quantitative estimate of drug-likeness (QED) is 0.608. The van der Waals surface area contributed by atoms with Gasteiger partial charge in [0.2, 0.25) is 6.79 Å². The summed E-state index contributed by atoms with van der Waals surface area (Å²) in [6.07, 6.45) is 0. The van der Waals surface area contributed by atoms with Crippen molar-refractivity contribution in [2.24, 2.45) is 0 Å². The van der Waals surface area contributed by atoms with E-state index < -0.39 is 0 Å². The second-order valence-electron chi connectivity index (χ2n) is 3.02. The summed E-state index contributed by atoms with van der Waals surface area (Å²) in [5.74, 6) is 1.83. The Hall–Kier alpha value is -1.70. The Kier molecular flexibility index (Phi) is 1.25. The highest BCUT2D eigenvalue weighted by Crippen LogP contribution is 2.36. The monoisotopic (exact) mass is 172 g/mol. The Morgan fingerprint density at radius 2 is 1.46 bits per heavy atom. The van der Waals surface area contributed by atoms with E-state index in [2.05, 4.69) is 12.1 Å². The molecule has 3 rings (SSSR count). The lowest BCUT2D eigenvalue weighted by atomic mass is 10.1. The van der Waals surface area contributed by atoms with Gasteiger partial charge in [-0.15, -0.1) is 0 Å². The molecule has 1 aliphatic heterocycles. The minimum absolute atomic E-state index is 0.316. The van der Waals surface area contributed by atoms with Gasteiger partial charge in [0.15, 0.2) is 0 Å². The highest BCUT2D eigenvalue weighted by atomic mass is 16.7. The molecule has 0 aliphatic carbocycles. The largest absolute Gasteiger partial charge is 0.457 e. The number of ether oxygens (including phenoxy) is 2. The van der Waals surface area contributed by atoms with Gasteiger partial charge in [0.05, 0.1) is 5.39 Å². The molecule has 0 spiro atoms. The molecule has 13 heavy (non-hydrogen) atoms. The summed E-state index contributed by atoms with van der Waals surface area (Å²) >= 11 is 0. The van der Waals surface area contributed by atoms with Crippen molar-refractivity contribution >= 4 is 10.8 Å². The predicted molar refractivity (Wildman–Crippen MR) is 50.1 cm³/mol. The fourth-order valence-electron chi connectivity index (χ4n) is 1.67. The molecule has 0 saturated carbocycles. The summed E-state index contributed by atoms with van der Waals surface area (Å²) in [6.45, 7) is 0.316. The van der Waals surface area contributed by atoms with Crippen LogP contribution >= 0.6 is 0 Å². The molecule has 0 fully saturated rings. The summed E-state index contributed by atoms with van der Waals surface area (Å²) in [6, 6.07) is 12.0. The van der Waals surface area contributed by atoms with Crippen LogP contribution in [0.2, 0.25) is 0 Å². The Morgan fingerprint density at radius 3 is 2.08 bits per heavy atom. The molecule has 0 atom stereocenters. The first kappa shape index (κ1) is 6.78. The van der Waals surface area contributed by atoms with Crippen LogP contribution in [0, 0.1) is 0 Å². The van der Waals surface area contributed by atoms with Crippen LogP contribution in [-0.4, -0.2) is 6.79 Å². The third-order valence-electron chi connectivity index (χ3n) is 2.26. The summed E-state index contributed by atoms with van der Waals surface area (Å²) in [7, 11) is 0. The Morgan fingerprint density at radius 1 is 0.846 bits per heavy atom. The van der Waals surface area contributed by atoms with Gasteiger partial charge in [-0.3, -0.25) is 0 Å². The third kappa shape index (κ3) is 0.886. The zero-order valence-electron chi connectivity index (χ0n) is 6.99. The topological polar surface area (TPSA) is 18.5 Å². The second kappa shape index (κ2) is 2.39. The lowest BCUT2D eigenvalue weighted by Gasteiger charge is -2.18. The van der Waals surface area contributed by atoms with E-state index in [4.69, 9.17) is 9.47 Å². The van der Waals surface area contributed by atoms with Crippen LogP contribution in [0.1, 0.15) is 0 Å². The van der Waals surface area contributed by atoms with Crippen molar-refractivity contribution in [1.29, 1.82) is 0 Å². The van der Waals surface area contributed by atoms with Gasteiger partial charge in [0.25, 0.3) is 0 Å². The minimum atomic E-state index is 0.316. The van der Waals surface area contributed by atoms with Crippen molar-refractivity contribution in [3.05, 3.63) is 36.4 Å². The molecule has 0 unspecified atom stereocenters. The Bertz CT molecular complexity index is 424. The fraction of sp³-hybridized carbons (Fsp3) is 0.0909. The van der Waals surface area contributed by atoms with Crippen molar-refractivity contribution in [3.8, 4) is 11.5 Å². The third-order valence-corrected chi connectivity index (χ3v) is 2.26. The Balaban J connectivity index is 2.49. The van der Waals surface area contributed by atoms with Crippen LogP contribution in [0.5, 0.6) is 11.5 Å². The van der Waals surface area contributed by atoms with Crippen LogP contribution in [0.3, 0.4) is 0 Å². The summed E-state index contributed by atoms with van der Waals surface area (Å²) in [4.78, 5) is 0. The van der Waals surface area contributed by atoms with Crippen LogP contribution < -0.4 is 9.47 Å². The van der Waals surface area contributed by atoms with E-state index in [0.29, 0.717) is 6.79 Å². The first-order chi connectivity index (χ1) is 6.45. The molecule has 2 nitrogen and oxygen atoms in total. The predicted octanol–water partition coefficient (Wildman–Crippen LogP) is 2.57. The summed E-state index contributed by atoms with van der Waals surface area (Å²) in [5.41, 5.74) is 0. The lowest BCUT2D eigenvalue weighted by molar-refractivity contribution is 0.112. The summed E-state index contributed by atoms with van der Waals surface area (Å²) in [5, 5.41) is 2.24. The van der Waals surface area contributed by atoms with E-state index in [1.54, 1.807) is 0 Å². The lowest BCUT2D eigenvalue weighted by Crippen LogP contribution is -2.10. The second-order valence-corrected chi connectivity index (χ2v) is 3.02. The van der Waals surface area contributed by atoms with Gasteiger partial charge in [0.1, 0.15) is 11.5 Å². The Labute approximate surface area is 75.7 Å². The first-order valence-electron chi connectivity index (χ1n) is 4.22. The van der Waals surface area contributed by atoms with Crippen LogP contribution in [0.4, 0.5) is 0 Å². The van der Waals surface area contributed by atoms with Crippen LogP contribution in [-0.2, 0) is 0 Å². The van der Waals surface area contributed by atoms with Gasteiger partial charge in [-0.05, 0) is 17.5 Å². The molecule has 2 aromatic rings. The molecule has 0 N–H and O–H groups in total. The van der Waals surface area contributed by atoms with Gasteiger partial charge in [-0.25, -0.2) is 0 Å². The zero-order chi connectivity index (χ0) is 8.67. The van der Waals surface area contributed by atoms with Crippen LogP contribution in [0.25, 0.3) is 10.8 Å². The summed E-state index contributed by atoms with van der Waals surface area (Å²) < 4.78 is 10.7. The van der Waals surface area contributed by atoms with Gasteiger partial charge in [-0.1, -0.05) is 24.3 Å². The molecule has 1 heterocycles. The number of hydrogen-bond donors (Lipinski definition) is 0. The molecule has 64 valence electrons. The molecule has 0 amide bonds. The molecule has 0 saturated heterocycles. The molecule has 2 aromatic carbocycles. The van der Waals surface area contributed by atoms with Crippen molar-refractivity contribution in [3.63, 3.8) is 0 Å². The van der Waals surface area contributed by atoms with Crippen molar-refractivity contribution < 1.29 is 9.47 Å². The number of rotatable bonds is 0. The van der Waals surface area contributed by atoms with Gasteiger partial charge in [-0.2, -0.15) is 0 Å². The van der Waals surface area contributed by atoms with Crippen LogP contribution in [0.15, 0.2) is 36.4 Å². The van der Waals surface area contributed by atoms with E-state index in [9.17, 15) is 0 Å². The number of benzene rings is 2.